The van der Waals surface area contributed by atoms with Gasteiger partial charge in [0, 0.05) is 29.6 Å². The highest BCUT2D eigenvalue weighted by Gasteiger charge is 2.45. The van der Waals surface area contributed by atoms with Gasteiger partial charge in [0.25, 0.3) is 11.5 Å². The second-order valence-corrected chi connectivity index (χ2v) is 9.68. The van der Waals surface area contributed by atoms with Crippen LogP contribution >= 0.6 is 0 Å². The number of carbonyl (C=O) groups excluding carboxylic acids is 2. The molecule has 0 unspecified atom stereocenters. The van der Waals surface area contributed by atoms with Crippen molar-refractivity contribution in [3.05, 3.63) is 57.4 Å². The van der Waals surface area contributed by atoms with E-state index in [1.165, 1.54) is 0 Å². The average Bonchev–Trinajstić information content (AvgIpc) is 3.26. The van der Waals surface area contributed by atoms with Crippen molar-refractivity contribution in [1.82, 2.24) is 14.5 Å². The third-order valence-electron chi connectivity index (χ3n) is 7.55. The number of fused-ring (bicyclic) bond motifs is 5. The number of hydrogen-bond acceptors (Lipinski definition) is 7. The van der Waals surface area contributed by atoms with Crippen molar-refractivity contribution < 1.29 is 24.2 Å². The molecule has 5 heterocycles. The van der Waals surface area contributed by atoms with Crippen molar-refractivity contribution in [3.63, 3.8) is 0 Å². The summed E-state index contributed by atoms with van der Waals surface area (Å²) in [6.45, 7) is 3.43. The van der Waals surface area contributed by atoms with Crippen molar-refractivity contribution >= 4 is 22.8 Å². The molecule has 3 aliphatic rings. The number of aromatic nitrogens is 2. The van der Waals surface area contributed by atoms with Crippen molar-refractivity contribution in [2.45, 2.75) is 51.4 Å². The first-order valence-electron chi connectivity index (χ1n) is 12.4. The van der Waals surface area contributed by atoms with E-state index in [2.05, 4.69) is 0 Å². The molecule has 9 nitrogen and oxygen atoms in total. The number of aliphatic hydroxyl groups is 1. The first-order valence-corrected chi connectivity index (χ1v) is 12.4. The fraction of sp³-hybridized carbons (Fsp3) is 0.407. The minimum Gasteiger partial charge on any atom is -0.484 e. The fourth-order valence-corrected chi connectivity index (χ4v) is 5.43. The molecule has 0 aliphatic carbocycles. The van der Waals surface area contributed by atoms with E-state index in [9.17, 15) is 19.5 Å². The number of nitrogens with zero attached hydrogens (tertiary/aromatic N) is 3. The predicted octanol–water partition coefficient (Wildman–Crippen LogP) is 2.47. The normalized spacial score (nSPS) is 20.5. The number of amides is 1. The Bertz CT molecular complexity index is 1470. The highest BCUT2D eigenvalue weighted by atomic mass is 16.6. The molecular weight excluding hydrogens is 462 g/mol. The quantitative estimate of drug-likeness (QED) is 0.439. The van der Waals surface area contributed by atoms with E-state index in [4.69, 9.17) is 14.5 Å². The van der Waals surface area contributed by atoms with Crippen molar-refractivity contribution in [1.29, 1.82) is 0 Å². The molecule has 0 bridgehead atoms. The number of piperidine rings is 1. The predicted molar refractivity (Wildman–Crippen MR) is 130 cm³/mol. The lowest BCUT2D eigenvalue weighted by molar-refractivity contribution is -0.172. The number of esters is 1. The van der Waals surface area contributed by atoms with Crippen LogP contribution in [0.5, 0.6) is 5.75 Å². The summed E-state index contributed by atoms with van der Waals surface area (Å²) < 4.78 is 12.5. The number of rotatable bonds is 4. The smallest absolute Gasteiger partial charge is 0.343 e. The third-order valence-corrected chi connectivity index (χ3v) is 7.55. The van der Waals surface area contributed by atoms with Gasteiger partial charge < -0.3 is 24.0 Å². The molecule has 1 N–H and O–H groups in total. The van der Waals surface area contributed by atoms with Gasteiger partial charge in [0.05, 0.1) is 29.0 Å². The van der Waals surface area contributed by atoms with Crippen LogP contribution in [-0.4, -0.2) is 51.1 Å². The van der Waals surface area contributed by atoms with E-state index < -0.39 is 11.6 Å². The van der Waals surface area contributed by atoms with Gasteiger partial charge in [0.1, 0.15) is 12.4 Å². The lowest BCUT2D eigenvalue weighted by atomic mass is 9.86. The summed E-state index contributed by atoms with van der Waals surface area (Å²) in [5.41, 5.74) is 1.26. The molecule has 1 saturated heterocycles. The number of hydrogen-bond donors (Lipinski definition) is 1. The summed E-state index contributed by atoms with van der Waals surface area (Å²) in [5.74, 6) is -0.158. The van der Waals surface area contributed by atoms with Crippen molar-refractivity contribution in [2.24, 2.45) is 0 Å². The summed E-state index contributed by atoms with van der Waals surface area (Å²) in [7, 11) is 0. The molecule has 1 amide bonds. The number of benzene rings is 1. The first kappa shape index (κ1) is 22.7. The third kappa shape index (κ3) is 3.49. The first-order chi connectivity index (χ1) is 17.4. The molecule has 0 radical (unpaired) electrons. The van der Waals surface area contributed by atoms with Crippen LogP contribution < -0.4 is 10.3 Å². The van der Waals surface area contributed by atoms with Gasteiger partial charge >= 0.3 is 5.97 Å². The van der Waals surface area contributed by atoms with E-state index in [1.807, 2.05) is 23.1 Å². The molecule has 3 aromatic rings. The maximum atomic E-state index is 13.3. The SMILES string of the molecule is CC[C@@]1(O)C(=O)OCc2c1cc1n(c2=O)Cc2cc3cc(OCC(=O)N4CCCCC4)ccc3nc2-1. The Labute approximate surface area is 207 Å². The molecule has 2 aromatic heterocycles. The fourth-order valence-electron chi connectivity index (χ4n) is 5.43. The van der Waals surface area contributed by atoms with Gasteiger partial charge in [-0.3, -0.25) is 9.59 Å². The van der Waals surface area contributed by atoms with Gasteiger partial charge in [-0.25, -0.2) is 9.78 Å². The monoisotopic (exact) mass is 489 g/mol. The minimum absolute atomic E-state index is 0.00259. The Morgan fingerprint density at radius 2 is 1.97 bits per heavy atom. The van der Waals surface area contributed by atoms with Crippen molar-refractivity contribution in [2.75, 3.05) is 19.7 Å². The lowest BCUT2D eigenvalue weighted by Gasteiger charge is -2.31. The molecule has 1 fully saturated rings. The van der Waals surface area contributed by atoms with Crippen LogP contribution in [0.4, 0.5) is 0 Å². The highest BCUT2D eigenvalue weighted by molar-refractivity contribution is 5.87. The average molecular weight is 490 g/mol. The second-order valence-electron chi connectivity index (χ2n) is 9.68. The van der Waals surface area contributed by atoms with Gasteiger partial charge in [-0.2, -0.15) is 0 Å². The Hall–Kier alpha value is -3.72. The van der Waals surface area contributed by atoms with Crippen LogP contribution in [0.1, 0.15) is 49.3 Å². The van der Waals surface area contributed by atoms with E-state index >= 15 is 0 Å². The van der Waals surface area contributed by atoms with Crippen LogP contribution in [0.25, 0.3) is 22.3 Å². The summed E-state index contributed by atoms with van der Waals surface area (Å²) >= 11 is 0. The van der Waals surface area contributed by atoms with Crippen LogP contribution in [0.3, 0.4) is 0 Å². The van der Waals surface area contributed by atoms with Crippen LogP contribution in [0.15, 0.2) is 35.1 Å². The maximum absolute atomic E-state index is 13.3. The summed E-state index contributed by atoms with van der Waals surface area (Å²) in [5, 5.41) is 11.8. The van der Waals surface area contributed by atoms with Crippen LogP contribution in [-0.2, 0) is 33.1 Å². The van der Waals surface area contributed by atoms with Crippen molar-refractivity contribution in [3.8, 4) is 17.1 Å². The molecule has 36 heavy (non-hydrogen) atoms. The molecule has 6 rings (SSSR count). The molecule has 1 atom stereocenters. The Morgan fingerprint density at radius 3 is 2.75 bits per heavy atom. The lowest BCUT2D eigenvalue weighted by Crippen LogP contribution is -2.44. The zero-order valence-electron chi connectivity index (χ0n) is 20.1. The molecule has 9 heteroatoms. The molecule has 0 saturated carbocycles. The number of pyridine rings is 2. The topological polar surface area (TPSA) is 111 Å². The Balaban J connectivity index is 1.32. The largest absolute Gasteiger partial charge is 0.484 e. The number of likely N-dealkylation sites (tertiary alicyclic amines) is 1. The van der Waals surface area contributed by atoms with E-state index in [0.29, 0.717) is 40.3 Å². The Kier molecular flexibility index (Phi) is 5.33. The second kappa shape index (κ2) is 8.44. The van der Waals surface area contributed by atoms with Crippen LogP contribution in [0.2, 0.25) is 0 Å². The molecular formula is C27H27N3O6. The summed E-state index contributed by atoms with van der Waals surface area (Å²) in [6.07, 6.45) is 3.33. The Morgan fingerprint density at radius 1 is 1.17 bits per heavy atom. The zero-order valence-corrected chi connectivity index (χ0v) is 20.1. The number of ether oxygens (including phenoxy) is 2. The standard InChI is InChI=1S/C27H27N3O6/c1-2-27(34)20-12-22-24-17(13-30(22)25(32)19(20)14-36-26(27)33)10-16-11-18(6-7-21(16)28-24)35-15-23(31)29-8-4-3-5-9-29/h6-7,10-12,34H,2-5,8-9,13-15H2,1H3/t27-/m0/s1. The zero-order chi connectivity index (χ0) is 25.0. The van der Waals surface area contributed by atoms with Gasteiger partial charge in [-0.15, -0.1) is 0 Å². The number of cyclic esters (lactones) is 1. The van der Waals surface area contributed by atoms with Crippen LogP contribution in [0, 0.1) is 0 Å². The van der Waals surface area contributed by atoms with E-state index in [-0.39, 0.29) is 31.1 Å². The summed E-state index contributed by atoms with van der Waals surface area (Å²) in [6, 6.07) is 9.14. The number of carbonyl (C=O) groups is 2. The maximum Gasteiger partial charge on any atom is 0.343 e. The molecule has 0 spiro atoms. The minimum atomic E-state index is -1.85. The molecule has 1 aromatic carbocycles. The molecule has 3 aliphatic heterocycles. The van der Waals surface area contributed by atoms with Gasteiger partial charge in [0.2, 0.25) is 0 Å². The van der Waals surface area contributed by atoms with Gasteiger partial charge in [-0.1, -0.05) is 6.92 Å². The van der Waals surface area contributed by atoms with E-state index in [0.717, 1.165) is 43.3 Å². The van der Waals surface area contributed by atoms with E-state index in [1.54, 1.807) is 23.6 Å². The molecule has 186 valence electrons. The highest BCUT2D eigenvalue weighted by Crippen LogP contribution is 2.38. The van der Waals surface area contributed by atoms with Gasteiger partial charge in [-0.05, 0) is 56.0 Å². The van der Waals surface area contributed by atoms with Gasteiger partial charge in [0.15, 0.2) is 12.2 Å². The summed E-state index contributed by atoms with van der Waals surface area (Å²) in [4.78, 5) is 44.7.